The molecule has 0 saturated carbocycles. The van der Waals surface area contributed by atoms with E-state index in [4.69, 9.17) is 10.5 Å². The van der Waals surface area contributed by atoms with Gasteiger partial charge in [-0.25, -0.2) is 4.98 Å². The number of hydrogen-bond donors (Lipinski definition) is 1. The molecule has 0 aliphatic heterocycles. The Hall–Kier alpha value is -1.39. The number of hydrogen-bond acceptors (Lipinski definition) is 4. The first-order valence-electron chi connectivity index (χ1n) is 4.67. The van der Waals surface area contributed by atoms with Gasteiger partial charge in [0.1, 0.15) is 6.61 Å². The third kappa shape index (κ3) is 2.78. The van der Waals surface area contributed by atoms with Crippen molar-refractivity contribution in [1.29, 1.82) is 0 Å². The quantitative estimate of drug-likeness (QED) is 0.859. The molecule has 2 N–H and O–H groups in total. The molecular formula is C11H12N2OS. The Balaban J connectivity index is 1.98. The highest BCUT2D eigenvalue weighted by atomic mass is 32.1. The molecule has 15 heavy (non-hydrogen) atoms. The van der Waals surface area contributed by atoms with Crippen molar-refractivity contribution in [2.75, 3.05) is 0 Å². The minimum atomic E-state index is 0.511. The summed E-state index contributed by atoms with van der Waals surface area (Å²) in [5.74, 6) is 0.629. The van der Waals surface area contributed by atoms with Gasteiger partial charge in [0.15, 0.2) is 0 Å². The predicted octanol–water partition coefficient (Wildman–Crippen LogP) is 2.18. The third-order valence-corrected chi connectivity index (χ3v) is 2.73. The number of rotatable bonds is 4. The molecule has 0 saturated heterocycles. The predicted molar refractivity (Wildman–Crippen MR) is 60.8 cm³/mol. The minimum absolute atomic E-state index is 0.511. The zero-order chi connectivity index (χ0) is 10.5. The highest BCUT2D eigenvalue weighted by Crippen LogP contribution is 2.12. The van der Waals surface area contributed by atoms with Gasteiger partial charge in [-0.2, -0.15) is 11.3 Å². The zero-order valence-electron chi connectivity index (χ0n) is 8.22. The van der Waals surface area contributed by atoms with Crippen molar-refractivity contribution in [2.45, 2.75) is 13.2 Å². The average Bonchev–Trinajstić information content (AvgIpc) is 2.79. The van der Waals surface area contributed by atoms with E-state index in [0.29, 0.717) is 19.0 Å². The van der Waals surface area contributed by atoms with Crippen LogP contribution in [0, 0.1) is 0 Å². The van der Waals surface area contributed by atoms with E-state index in [1.807, 2.05) is 23.6 Å². The van der Waals surface area contributed by atoms with Gasteiger partial charge >= 0.3 is 0 Å². The van der Waals surface area contributed by atoms with Crippen molar-refractivity contribution in [2.24, 2.45) is 5.73 Å². The molecule has 4 heteroatoms. The highest BCUT2D eigenvalue weighted by Gasteiger charge is 1.98. The third-order valence-electron chi connectivity index (χ3n) is 2.00. The normalized spacial score (nSPS) is 10.2. The lowest BCUT2D eigenvalue weighted by Crippen LogP contribution is -1.99. The second-order valence-corrected chi connectivity index (χ2v) is 3.91. The van der Waals surface area contributed by atoms with Crippen LogP contribution in [0.15, 0.2) is 35.2 Å². The van der Waals surface area contributed by atoms with E-state index in [1.54, 1.807) is 17.5 Å². The van der Waals surface area contributed by atoms with Crippen molar-refractivity contribution in [3.8, 4) is 5.88 Å². The largest absolute Gasteiger partial charge is 0.473 e. The molecule has 3 nitrogen and oxygen atoms in total. The van der Waals surface area contributed by atoms with E-state index in [-0.39, 0.29) is 0 Å². The summed E-state index contributed by atoms with van der Waals surface area (Å²) in [6.07, 6.45) is 1.71. The highest BCUT2D eigenvalue weighted by molar-refractivity contribution is 7.07. The summed E-state index contributed by atoms with van der Waals surface area (Å²) in [6.45, 7) is 1.07. The summed E-state index contributed by atoms with van der Waals surface area (Å²) in [4.78, 5) is 4.11. The van der Waals surface area contributed by atoms with Crippen molar-refractivity contribution in [1.82, 2.24) is 4.98 Å². The lowest BCUT2D eigenvalue weighted by molar-refractivity contribution is 0.294. The average molecular weight is 220 g/mol. The zero-order valence-corrected chi connectivity index (χ0v) is 9.04. The number of aromatic nitrogens is 1. The van der Waals surface area contributed by atoms with Crippen molar-refractivity contribution >= 4 is 11.3 Å². The van der Waals surface area contributed by atoms with Crippen LogP contribution in [0.3, 0.4) is 0 Å². The molecule has 2 aromatic heterocycles. The first-order valence-corrected chi connectivity index (χ1v) is 5.61. The summed E-state index contributed by atoms with van der Waals surface area (Å²) in [5, 5.41) is 4.09. The fraction of sp³-hybridized carbons (Fsp3) is 0.182. The van der Waals surface area contributed by atoms with Gasteiger partial charge in [-0.05, 0) is 28.5 Å². The Morgan fingerprint density at radius 3 is 3.00 bits per heavy atom. The van der Waals surface area contributed by atoms with Gasteiger partial charge in [-0.1, -0.05) is 0 Å². The summed E-state index contributed by atoms with van der Waals surface area (Å²) in [5.41, 5.74) is 7.73. The topological polar surface area (TPSA) is 48.1 Å². The summed E-state index contributed by atoms with van der Waals surface area (Å²) >= 11 is 1.66. The van der Waals surface area contributed by atoms with Crippen LogP contribution in [0.1, 0.15) is 11.1 Å². The van der Waals surface area contributed by atoms with E-state index < -0.39 is 0 Å². The second-order valence-electron chi connectivity index (χ2n) is 3.13. The molecule has 2 heterocycles. The van der Waals surface area contributed by atoms with E-state index in [2.05, 4.69) is 10.4 Å². The Bertz CT molecular complexity index is 414. The molecule has 0 radical (unpaired) electrons. The van der Waals surface area contributed by atoms with E-state index in [0.717, 1.165) is 5.56 Å². The molecule has 0 aromatic carbocycles. The van der Waals surface area contributed by atoms with Crippen LogP contribution in [-0.4, -0.2) is 4.98 Å². The minimum Gasteiger partial charge on any atom is -0.473 e. The number of ether oxygens (including phenoxy) is 1. The van der Waals surface area contributed by atoms with Crippen LogP contribution < -0.4 is 10.5 Å². The lowest BCUT2D eigenvalue weighted by atomic mass is 10.3. The standard InChI is InChI=1S/C11H12N2OS/c12-6-9-1-3-13-11(5-9)14-7-10-2-4-15-8-10/h1-5,8H,6-7,12H2. The SMILES string of the molecule is NCc1ccnc(OCc2ccsc2)c1. The Kier molecular flexibility index (Phi) is 3.32. The van der Waals surface area contributed by atoms with Crippen molar-refractivity contribution in [3.05, 3.63) is 46.3 Å². The molecule has 0 amide bonds. The number of nitrogens with zero attached hydrogens (tertiary/aromatic N) is 1. The molecule has 0 bridgehead atoms. The molecule has 78 valence electrons. The monoisotopic (exact) mass is 220 g/mol. The first kappa shape index (κ1) is 10.1. The smallest absolute Gasteiger partial charge is 0.213 e. The summed E-state index contributed by atoms with van der Waals surface area (Å²) < 4.78 is 5.53. The Labute approximate surface area is 92.5 Å². The van der Waals surface area contributed by atoms with E-state index >= 15 is 0 Å². The maximum absolute atomic E-state index is 5.53. The van der Waals surface area contributed by atoms with Gasteiger partial charge < -0.3 is 10.5 Å². The van der Waals surface area contributed by atoms with Gasteiger partial charge in [0.25, 0.3) is 0 Å². The van der Waals surface area contributed by atoms with Gasteiger partial charge in [-0.15, -0.1) is 0 Å². The number of thiophene rings is 1. The van der Waals surface area contributed by atoms with Crippen LogP contribution in [0.4, 0.5) is 0 Å². The Morgan fingerprint density at radius 1 is 1.33 bits per heavy atom. The molecule has 2 aromatic rings. The van der Waals surface area contributed by atoms with Crippen LogP contribution in [-0.2, 0) is 13.2 Å². The van der Waals surface area contributed by atoms with Gasteiger partial charge in [0, 0.05) is 24.4 Å². The fourth-order valence-electron chi connectivity index (χ4n) is 1.19. The Morgan fingerprint density at radius 2 is 2.27 bits per heavy atom. The van der Waals surface area contributed by atoms with Crippen molar-refractivity contribution < 1.29 is 4.74 Å². The molecule has 2 rings (SSSR count). The summed E-state index contributed by atoms with van der Waals surface area (Å²) in [6, 6.07) is 5.79. The number of pyridine rings is 1. The second kappa shape index (κ2) is 4.91. The van der Waals surface area contributed by atoms with Crippen LogP contribution in [0.2, 0.25) is 0 Å². The molecule has 0 atom stereocenters. The molecular weight excluding hydrogens is 208 g/mol. The molecule has 0 unspecified atom stereocenters. The molecule has 0 aliphatic rings. The van der Waals surface area contributed by atoms with Crippen LogP contribution >= 0.6 is 11.3 Å². The lowest BCUT2D eigenvalue weighted by Gasteiger charge is -2.04. The van der Waals surface area contributed by atoms with E-state index in [1.165, 1.54) is 5.56 Å². The molecule has 0 aliphatic carbocycles. The van der Waals surface area contributed by atoms with Crippen molar-refractivity contribution in [3.63, 3.8) is 0 Å². The number of nitrogens with two attached hydrogens (primary N) is 1. The maximum Gasteiger partial charge on any atom is 0.213 e. The molecule has 0 fully saturated rings. The summed E-state index contributed by atoms with van der Waals surface area (Å²) in [7, 11) is 0. The molecule has 0 spiro atoms. The maximum atomic E-state index is 5.53. The van der Waals surface area contributed by atoms with Crippen LogP contribution in [0.25, 0.3) is 0 Å². The van der Waals surface area contributed by atoms with Gasteiger partial charge in [-0.3, -0.25) is 0 Å². The van der Waals surface area contributed by atoms with Crippen LogP contribution in [0.5, 0.6) is 5.88 Å². The fourth-order valence-corrected chi connectivity index (χ4v) is 1.84. The van der Waals surface area contributed by atoms with Gasteiger partial charge in [0.05, 0.1) is 0 Å². The first-order chi connectivity index (χ1) is 7.38. The van der Waals surface area contributed by atoms with E-state index in [9.17, 15) is 0 Å². The van der Waals surface area contributed by atoms with Gasteiger partial charge in [0.2, 0.25) is 5.88 Å².